The van der Waals surface area contributed by atoms with E-state index in [1.807, 2.05) is 6.92 Å². The largest absolute Gasteiger partial charge is 0.481 e. The van der Waals surface area contributed by atoms with Crippen molar-refractivity contribution >= 4 is 5.97 Å². The summed E-state index contributed by atoms with van der Waals surface area (Å²) in [5.41, 5.74) is -1.16. The lowest BCUT2D eigenvalue weighted by molar-refractivity contribution is -0.155. The minimum atomic E-state index is -2.52. The lowest BCUT2D eigenvalue weighted by Gasteiger charge is -2.36. The molecular formula is C10H16F2O2. The average Bonchev–Trinajstić information content (AvgIpc) is 2.02. The molecule has 0 aromatic rings. The number of carboxylic acids is 1. The highest BCUT2D eigenvalue weighted by Crippen LogP contribution is 2.43. The first-order valence-corrected chi connectivity index (χ1v) is 4.98. The summed E-state index contributed by atoms with van der Waals surface area (Å²) in [5, 5.41) is 9.02. The van der Waals surface area contributed by atoms with E-state index in [4.69, 9.17) is 5.11 Å². The molecule has 1 aliphatic rings. The number of carbonyl (C=O) groups is 1. The second kappa shape index (κ2) is 4.24. The fourth-order valence-corrected chi connectivity index (χ4v) is 2.42. The van der Waals surface area contributed by atoms with Crippen molar-refractivity contribution in [2.75, 3.05) is 0 Å². The lowest BCUT2D eigenvalue weighted by Crippen LogP contribution is -2.37. The van der Waals surface area contributed by atoms with E-state index in [9.17, 15) is 13.6 Å². The van der Waals surface area contributed by atoms with Gasteiger partial charge in [0.15, 0.2) is 0 Å². The molecule has 1 aliphatic carbocycles. The zero-order chi connectivity index (χ0) is 10.8. The molecule has 2 unspecified atom stereocenters. The van der Waals surface area contributed by atoms with Crippen molar-refractivity contribution in [3.63, 3.8) is 0 Å². The van der Waals surface area contributed by atoms with Gasteiger partial charge in [-0.25, -0.2) is 8.78 Å². The summed E-state index contributed by atoms with van der Waals surface area (Å²) in [4.78, 5) is 11.0. The minimum absolute atomic E-state index is 0.249. The van der Waals surface area contributed by atoms with Gasteiger partial charge in [0.25, 0.3) is 0 Å². The van der Waals surface area contributed by atoms with Crippen LogP contribution >= 0.6 is 0 Å². The molecule has 4 heteroatoms. The van der Waals surface area contributed by atoms with Crippen LogP contribution in [0.3, 0.4) is 0 Å². The highest BCUT2D eigenvalue weighted by molar-refractivity contribution is 5.74. The van der Waals surface area contributed by atoms with E-state index < -0.39 is 24.2 Å². The molecular weight excluding hydrogens is 190 g/mol. The van der Waals surface area contributed by atoms with E-state index in [1.165, 1.54) is 0 Å². The number of carboxylic acid groups (broad SMARTS) is 1. The van der Waals surface area contributed by atoms with Crippen LogP contribution in [0.4, 0.5) is 8.78 Å². The van der Waals surface area contributed by atoms with Gasteiger partial charge in [-0.1, -0.05) is 19.8 Å². The summed E-state index contributed by atoms with van der Waals surface area (Å²) in [6.45, 7) is 1.93. The van der Waals surface area contributed by atoms with Crippen molar-refractivity contribution in [3.05, 3.63) is 0 Å². The first-order chi connectivity index (χ1) is 6.46. The Balaban J connectivity index is 2.75. The molecule has 0 saturated heterocycles. The second-order valence-electron chi connectivity index (χ2n) is 4.38. The number of rotatable bonds is 3. The van der Waals surface area contributed by atoms with Crippen LogP contribution in [-0.4, -0.2) is 17.5 Å². The Labute approximate surface area is 82.3 Å². The molecule has 0 bridgehead atoms. The second-order valence-corrected chi connectivity index (χ2v) is 4.38. The zero-order valence-corrected chi connectivity index (χ0v) is 8.30. The molecule has 2 atom stereocenters. The Hall–Kier alpha value is -0.670. The molecule has 0 aromatic heterocycles. The Morgan fingerprint density at radius 3 is 2.71 bits per heavy atom. The van der Waals surface area contributed by atoms with Crippen molar-refractivity contribution in [1.82, 2.24) is 0 Å². The van der Waals surface area contributed by atoms with Crippen LogP contribution in [0.15, 0.2) is 0 Å². The van der Waals surface area contributed by atoms with Crippen molar-refractivity contribution in [2.45, 2.75) is 45.5 Å². The van der Waals surface area contributed by atoms with Gasteiger partial charge in [-0.3, -0.25) is 4.79 Å². The van der Waals surface area contributed by atoms with E-state index in [0.29, 0.717) is 12.8 Å². The quantitative estimate of drug-likeness (QED) is 0.770. The molecule has 0 aliphatic heterocycles. The van der Waals surface area contributed by atoms with Gasteiger partial charge in [0.2, 0.25) is 6.43 Å². The number of hydrogen-bond donors (Lipinski definition) is 1. The summed E-state index contributed by atoms with van der Waals surface area (Å²) in [6, 6.07) is 0. The maximum Gasteiger partial charge on any atom is 0.309 e. The van der Waals surface area contributed by atoms with Gasteiger partial charge in [-0.15, -0.1) is 0 Å². The standard InChI is InChI=1S/C10H16F2O2/c1-7-3-2-4-10(5-7,9(13)14)6-8(11)12/h7-8H,2-6H2,1H3,(H,13,14). The monoisotopic (exact) mass is 206 g/mol. The van der Waals surface area contributed by atoms with Gasteiger partial charge in [0, 0.05) is 6.42 Å². The molecule has 0 amide bonds. The fraction of sp³-hybridized carbons (Fsp3) is 0.900. The molecule has 14 heavy (non-hydrogen) atoms. The van der Waals surface area contributed by atoms with Crippen LogP contribution in [0.1, 0.15) is 39.0 Å². The van der Waals surface area contributed by atoms with Crippen molar-refractivity contribution in [3.8, 4) is 0 Å². The summed E-state index contributed by atoms with van der Waals surface area (Å²) >= 11 is 0. The smallest absolute Gasteiger partial charge is 0.309 e. The molecule has 82 valence electrons. The lowest BCUT2D eigenvalue weighted by atomic mass is 9.68. The first kappa shape index (κ1) is 11.4. The topological polar surface area (TPSA) is 37.3 Å². The molecule has 1 fully saturated rings. The predicted molar refractivity (Wildman–Crippen MR) is 48.3 cm³/mol. The van der Waals surface area contributed by atoms with E-state index in [1.54, 1.807) is 0 Å². The molecule has 2 nitrogen and oxygen atoms in total. The third-order valence-corrected chi connectivity index (χ3v) is 3.09. The highest BCUT2D eigenvalue weighted by atomic mass is 19.3. The van der Waals surface area contributed by atoms with Crippen LogP contribution < -0.4 is 0 Å². The molecule has 0 heterocycles. The van der Waals surface area contributed by atoms with Gasteiger partial charge in [0.05, 0.1) is 5.41 Å². The van der Waals surface area contributed by atoms with E-state index in [0.717, 1.165) is 12.8 Å². The zero-order valence-electron chi connectivity index (χ0n) is 8.30. The van der Waals surface area contributed by atoms with Crippen LogP contribution in [0, 0.1) is 11.3 Å². The van der Waals surface area contributed by atoms with Crippen LogP contribution in [0.5, 0.6) is 0 Å². The Morgan fingerprint density at radius 1 is 1.64 bits per heavy atom. The number of aliphatic carboxylic acids is 1. The van der Waals surface area contributed by atoms with Crippen molar-refractivity contribution in [2.24, 2.45) is 11.3 Å². The van der Waals surface area contributed by atoms with E-state index >= 15 is 0 Å². The van der Waals surface area contributed by atoms with Crippen LogP contribution in [-0.2, 0) is 4.79 Å². The minimum Gasteiger partial charge on any atom is -0.481 e. The average molecular weight is 206 g/mol. The summed E-state index contributed by atoms with van der Waals surface area (Å²) in [7, 11) is 0. The SMILES string of the molecule is CC1CCCC(CC(F)F)(C(=O)O)C1. The predicted octanol–water partition coefficient (Wildman–Crippen LogP) is 2.92. The third-order valence-electron chi connectivity index (χ3n) is 3.09. The van der Waals surface area contributed by atoms with Crippen molar-refractivity contribution in [1.29, 1.82) is 0 Å². The van der Waals surface area contributed by atoms with Gasteiger partial charge in [0.1, 0.15) is 0 Å². The maximum atomic E-state index is 12.3. The number of hydrogen-bond acceptors (Lipinski definition) is 1. The first-order valence-electron chi connectivity index (χ1n) is 4.98. The Kier molecular flexibility index (Phi) is 3.45. The Morgan fingerprint density at radius 2 is 2.29 bits per heavy atom. The number of halogens is 2. The summed E-state index contributed by atoms with van der Waals surface area (Å²) in [6.07, 6.45) is -0.508. The van der Waals surface area contributed by atoms with Gasteiger partial charge in [-0.2, -0.15) is 0 Å². The number of alkyl halides is 2. The van der Waals surface area contributed by atoms with Gasteiger partial charge < -0.3 is 5.11 Å². The van der Waals surface area contributed by atoms with Crippen LogP contribution in [0.2, 0.25) is 0 Å². The highest BCUT2D eigenvalue weighted by Gasteiger charge is 2.43. The maximum absolute atomic E-state index is 12.3. The van der Waals surface area contributed by atoms with Crippen LogP contribution in [0.25, 0.3) is 0 Å². The molecule has 1 N–H and O–H groups in total. The fourth-order valence-electron chi connectivity index (χ4n) is 2.42. The third kappa shape index (κ3) is 2.42. The summed E-state index contributed by atoms with van der Waals surface area (Å²) in [5.74, 6) is -0.803. The molecule has 0 spiro atoms. The Bertz CT molecular complexity index is 214. The van der Waals surface area contributed by atoms with Gasteiger partial charge in [-0.05, 0) is 18.8 Å². The van der Waals surface area contributed by atoms with Crippen molar-refractivity contribution < 1.29 is 18.7 Å². The van der Waals surface area contributed by atoms with E-state index in [-0.39, 0.29) is 5.92 Å². The molecule has 1 rings (SSSR count). The van der Waals surface area contributed by atoms with Gasteiger partial charge >= 0.3 is 5.97 Å². The molecule has 0 aromatic carbocycles. The summed E-state index contributed by atoms with van der Waals surface area (Å²) < 4.78 is 24.6. The van der Waals surface area contributed by atoms with E-state index in [2.05, 4.69) is 0 Å². The normalized spacial score (nSPS) is 33.3. The molecule has 1 saturated carbocycles. The molecule has 0 radical (unpaired) electrons.